The molecule has 0 spiro atoms. The Morgan fingerprint density at radius 1 is 1.17 bits per heavy atom. The summed E-state index contributed by atoms with van der Waals surface area (Å²) in [5.74, 6) is -0.0558. The number of aliphatic hydroxyl groups is 1. The summed E-state index contributed by atoms with van der Waals surface area (Å²) in [6, 6.07) is 4.17. The lowest BCUT2D eigenvalue weighted by Gasteiger charge is -2.32. The van der Waals surface area contributed by atoms with Crippen LogP contribution in [0.15, 0.2) is 24.3 Å². The Kier molecular flexibility index (Phi) is 6.66. The largest absolute Gasteiger partial charge is 0.491 e. The number of halogens is 3. The number of carbonyl (C=O) groups excluding carboxylic acids is 2. The van der Waals surface area contributed by atoms with Crippen molar-refractivity contribution < 1.29 is 32.6 Å². The number of piperidine rings is 1. The van der Waals surface area contributed by atoms with Crippen LogP contribution in [0.2, 0.25) is 0 Å². The van der Waals surface area contributed by atoms with Gasteiger partial charge in [-0.1, -0.05) is 0 Å². The first kappa shape index (κ1) is 21.4. The highest BCUT2D eigenvalue weighted by atomic mass is 19.4. The van der Waals surface area contributed by atoms with E-state index in [0.29, 0.717) is 19.5 Å². The summed E-state index contributed by atoms with van der Waals surface area (Å²) >= 11 is 0. The third kappa shape index (κ3) is 6.09. The van der Waals surface area contributed by atoms with Gasteiger partial charge in [-0.25, -0.2) is 0 Å². The fraction of sp³-hybridized carbons (Fsp3) is 0.600. The molecule has 3 rings (SSSR count). The van der Waals surface area contributed by atoms with Crippen LogP contribution in [-0.2, 0) is 15.8 Å². The Morgan fingerprint density at radius 3 is 2.48 bits per heavy atom. The summed E-state index contributed by atoms with van der Waals surface area (Å²) < 4.78 is 42.9. The van der Waals surface area contributed by atoms with Gasteiger partial charge in [0.05, 0.1) is 11.5 Å². The van der Waals surface area contributed by atoms with E-state index in [1.807, 2.05) is 0 Å². The van der Waals surface area contributed by atoms with Crippen LogP contribution < -0.4 is 10.1 Å². The summed E-state index contributed by atoms with van der Waals surface area (Å²) in [4.78, 5) is 26.3. The molecule has 2 N–H and O–H groups in total. The molecule has 1 aromatic rings. The Hall–Kier alpha value is -2.29. The number of benzene rings is 1. The number of alkyl halides is 3. The molecule has 2 fully saturated rings. The van der Waals surface area contributed by atoms with Gasteiger partial charge >= 0.3 is 6.18 Å². The summed E-state index contributed by atoms with van der Waals surface area (Å²) in [6.45, 7) is 0.886. The molecular formula is C20H25F3N2O4. The molecule has 6 nitrogen and oxygen atoms in total. The van der Waals surface area contributed by atoms with E-state index >= 15 is 0 Å². The molecule has 9 heteroatoms. The fourth-order valence-electron chi connectivity index (χ4n) is 3.33. The maximum Gasteiger partial charge on any atom is 0.416 e. The summed E-state index contributed by atoms with van der Waals surface area (Å²) in [5.41, 5.74) is -0.778. The number of aliphatic hydroxyl groups excluding tert-OH is 1. The van der Waals surface area contributed by atoms with Gasteiger partial charge in [0.1, 0.15) is 18.5 Å². The zero-order valence-electron chi connectivity index (χ0n) is 16.0. The monoisotopic (exact) mass is 414 g/mol. The lowest BCUT2D eigenvalue weighted by molar-refractivity contribution is -0.138. The summed E-state index contributed by atoms with van der Waals surface area (Å²) in [6.07, 6.45) is -2.10. The molecule has 2 unspecified atom stereocenters. The number of amides is 2. The van der Waals surface area contributed by atoms with Crippen molar-refractivity contribution in [3.8, 4) is 5.75 Å². The molecule has 29 heavy (non-hydrogen) atoms. The number of hydrogen-bond acceptors (Lipinski definition) is 4. The zero-order valence-corrected chi connectivity index (χ0v) is 16.0. The van der Waals surface area contributed by atoms with Crippen LogP contribution in [0.4, 0.5) is 13.2 Å². The van der Waals surface area contributed by atoms with Crippen molar-refractivity contribution in [2.45, 2.75) is 38.0 Å². The average molecular weight is 414 g/mol. The molecule has 1 aliphatic heterocycles. The minimum Gasteiger partial charge on any atom is -0.491 e. The number of likely N-dealkylation sites (tertiary alicyclic amines) is 1. The van der Waals surface area contributed by atoms with E-state index in [2.05, 4.69) is 5.32 Å². The van der Waals surface area contributed by atoms with Crippen molar-refractivity contribution in [3.05, 3.63) is 29.8 Å². The van der Waals surface area contributed by atoms with Crippen LogP contribution in [0.1, 0.15) is 31.2 Å². The molecular weight excluding hydrogens is 389 g/mol. The number of nitrogens with zero attached hydrogens (tertiary/aromatic N) is 1. The number of hydrogen-bond donors (Lipinski definition) is 2. The molecule has 1 aliphatic carbocycles. The molecule has 0 bridgehead atoms. The average Bonchev–Trinajstić information content (AvgIpc) is 3.55. The second-order valence-corrected chi connectivity index (χ2v) is 7.63. The molecule has 160 valence electrons. The van der Waals surface area contributed by atoms with E-state index in [1.165, 1.54) is 12.1 Å². The Labute approximate surface area is 167 Å². The standard InChI is InChI=1S/C20H25F3N2O4/c21-20(22,23)15-5-7-17(8-6-15)29-12-16(26)10-24-18(27)14-2-1-9-25(11-14)19(28)13-3-4-13/h5-8,13-14,16,26H,1-4,9-12H2,(H,24,27). The summed E-state index contributed by atoms with van der Waals surface area (Å²) in [5, 5.41) is 12.6. The summed E-state index contributed by atoms with van der Waals surface area (Å²) in [7, 11) is 0. The molecule has 1 heterocycles. The highest BCUT2D eigenvalue weighted by Crippen LogP contribution is 2.32. The van der Waals surface area contributed by atoms with Crippen LogP contribution in [0.5, 0.6) is 5.75 Å². The van der Waals surface area contributed by atoms with E-state index in [0.717, 1.165) is 31.4 Å². The maximum absolute atomic E-state index is 12.5. The smallest absolute Gasteiger partial charge is 0.416 e. The lowest BCUT2D eigenvalue weighted by atomic mass is 9.96. The number of carbonyl (C=O) groups is 2. The van der Waals surface area contributed by atoms with Crippen molar-refractivity contribution in [2.24, 2.45) is 11.8 Å². The molecule has 2 aliphatic rings. The normalized spacial score (nSPS) is 20.8. The minimum atomic E-state index is -4.42. The molecule has 2 amide bonds. The highest BCUT2D eigenvalue weighted by Gasteiger charge is 2.36. The van der Waals surface area contributed by atoms with Gasteiger partial charge in [0, 0.05) is 25.6 Å². The second-order valence-electron chi connectivity index (χ2n) is 7.63. The highest BCUT2D eigenvalue weighted by molar-refractivity contribution is 5.83. The lowest BCUT2D eigenvalue weighted by Crippen LogP contribution is -2.47. The Morgan fingerprint density at radius 2 is 1.86 bits per heavy atom. The second kappa shape index (κ2) is 9.02. The first-order valence-corrected chi connectivity index (χ1v) is 9.78. The van der Waals surface area contributed by atoms with E-state index in [9.17, 15) is 27.9 Å². The van der Waals surface area contributed by atoms with Crippen LogP contribution in [-0.4, -0.2) is 54.2 Å². The first-order chi connectivity index (χ1) is 13.7. The molecule has 1 aromatic carbocycles. The predicted molar refractivity (Wildman–Crippen MR) is 98.0 cm³/mol. The van der Waals surface area contributed by atoms with Crippen molar-refractivity contribution in [3.63, 3.8) is 0 Å². The zero-order chi connectivity index (χ0) is 21.0. The number of rotatable bonds is 7. The third-order valence-corrected chi connectivity index (χ3v) is 5.17. The van der Waals surface area contributed by atoms with Crippen LogP contribution >= 0.6 is 0 Å². The van der Waals surface area contributed by atoms with Gasteiger partial charge in [0.15, 0.2) is 0 Å². The van der Waals surface area contributed by atoms with Crippen molar-refractivity contribution in [1.29, 1.82) is 0 Å². The van der Waals surface area contributed by atoms with E-state index in [-0.39, 0.29) is 42.6 Å². The van der Waals surface area contributed by atoms with Gasteiger partial charge in [-0.15, -0.1) is 0 Å². The predicted octanol–water partition coefficient (Wildman–Crippen LogP) is 2.21. The molecule has 1 saturated carbocycles. The van der Waals surface area contributed by atoms with Crippen molar-refractivity contribution in [1.82, 2.24) is 10.2 Å². The molecule has 0 aromatic heterocycles. The topological polar surface area (TPSA) is 78.9 Å². The van der Waals surface area contributed by atoms with Crippen LogP contribution in [0.3, 0.4) is 0 Å². The molecule has 0 radical (unpaired) electrons. The minimum absolute atomic E-state index is 0.0352. The molecule has 1 saturated heterocycles. The Balaban J connectivity index is 1.39. The van der Waals surface area contributed by atoms with Crippen molar-refractivity contribution >= 4 is 11.8 Å². The number of nitrogens with one attached hydrogen (secondary N) is 1. The van der Waals surface area contributed by atoms with Gasteiger partial charge in [0.25, 0.3) is 0 Å². The molecule has 2 atom stereocenters. The van der Waals surface area contributed by atoms with Gasteiger partial charge < -0.3 is 20.1 Å². The first-order valence-electron chi connectivity index (χ1n) is 9.78. The van der Waals surface area contributed by atoms with Crippen LogP contribution in [0.25, 0.3) is 0 Å². The number of ether oxygens (including phenoxy) is 1. The van der Waals surface area contributed by atoms with Gasteiger partial charge in [0.2, 0.25) is 11.8 Å². The van der Waals surface area contributed by atoms with Gasteiger partial charge in [-0.2, -0.15) is 13.2 Å². The van der Waals surface area contributed by atoms with Crippen molar-refractivity contribution in [2.75, 3.05) is 26.2 Å². The van der Waals surface area contributed by atoms with E-state index in [1.54, 1.807) is 4.90 Å². The SMILES string of the molecule is O=C(NCC(O)COc1ccc(C(F)(F)F)cc1)C1CCCN(C(=O)C2CC2)C1. The third-order valence-electron chi connectivity index (χ3n) is 5.17. The van der Waals surface area contributed by atoms with E-state index in [4.69, 9.17) is 4.74 Å². The van der Waals surface area contributed by atoms with Gasteiger partial charge in [-0.05, 0) is 49.9 Å². The Bertz CT molecular complexity index is 719. The van der Waals surface area contributed by atoms with Gasteiger partial charge in [-0.3, -0.25) is 9.59 Å². The quantitative estimate of drug-likeness (QED) is 0.717. The van der Waals surface area contributed by atoms with E-state index < -0.39 is 17.8 Å². The van der Waals surface area contributed by atoms with Crippen LogP contribution in [0, 0.1) is 11.8 Å². The maximum atomic E-state index is 12.5. The fourth-order valence-corrected chi connectivity index (χ4v) is 3.33.